The van der Waals surface area contributed by atoms with Crippen LogP contribution in [0.1, 0.15) is 31.5 Å². The van der Waals surface area contributed by atoms with E-state index in [9.17, 15) is 0 Å². The predicted octanol–water partition coefficient (Wildman–Crippen LogP) is 1.72. The van der Waals surface area contributed by atoms with Crippen molar-refractivity contribution in [2.24, 2.45) is 0 Å². The lowest BCUT2D eigenvalue weighted by Gasteiger charge is -2.08. The highest BCUT2D eigenvalue weighted by atomic mass is 15.1. The molecule has 4 heteroatoms. The second-order valence-electron chi connectivity index (χ2n) is 3.51. The summed E-state index contributed by atoms with van der Waals surface area (Å²) >= 11 is 0. The average molecular weight is 208 g/mol. The molecule has 1 heterocycles. The molecule has 0 atom stereocenters. The number of hydrogen-bond donors (Lipinski definition) is 2. The molecule has 0 saturated carbocycles. The van der Waals surface area contributed by atoms with Crippen LogP contribution in [0.15, 0.2) is 6.20 Å². The van der Waals surface area contributed by atoms with Gasteiger partial charge in [-0.1, -0.05) is 6.92 Å². The molecule has 1 aromatic rings. The van der Waals surface area contributed by atoms with Crippen LogP contribution in [0, 0.1) is 6.92 Å². The van der Waals surface area contributed by atoms with Crippen LogP contribution in [-0.2, 0) is 6.54 Å². The smallest absolute Gasteiger partial charge is 0.222 e. The summed E-state index contributed by atoms with van der Waals surface area (Å²) in [4.78, 5) is 8.63. The lowest BCUT2D eigenvalue weighted by atomic mass is 10.2. The fourth-order valence-electron chi connectivity index (χ4n) is 1.31. The van der Waals surface area contributed by atoms with Crippen LogP contribution in [0.4, 0.5) is 5.95 Å². The molecule has 0 spiro atoms. The van der Waals surface area contributed by atoms with Gasteiger partial charge in [0.05, 0.1) is 0 Å². The highest BCUT2D eigenvalue weighted by molar-refractivity contribution is 5.28. The lowest BCUT2D eigenvalue weighted by Crippen LogP contribution is -2.16. The van der Waals surface area contributed by atoms with Crippen LogP contribution in [-0.4, -0.2) is 23.1 Å². The van der Waals surface area contributed by atoms with Gasteiger partial charge in [-0.05, 0) is 26.8 Å². The second kappa shape index (κ2) is 6.35. The van der Waals surface area contributed by atoms with Gasteiger partial charge in [-0.2, -0.15) is 0 Å². The molecule has 0 aliphatic rings. The van der Waals surface area contributed by atoms with Crippen LogP contribution < -0.4 is 10.6 Å². The minimum atomic E-state index is 0.717. The van der Waals surface area contributed by atoms with E-state index in [1.807, 2.05) is 20.0 Å². The van der Waals surface area contributed by atoms with E-state index in [1.165, 1.54) is 5.56 Å². The predicted molar refractivity (Wildman–Crippen MR) is 62.9 cm³/mol. The Labute approximate surface area is 91.5 Å². The largest absolute Gasteiger partial charge is 0.354 e. The Morgan fingerprint density at radius 2 is 2.13 bits per heavy atom. The molecule has 0 radical (unpaired) electrons. The van der Waals surface area contributed by atoms with Gasteiger partial charge in [-0.3, -0.25) is 0 Å². The average Bonchev–Trinajstić information content (AvgIpc) is 2.22. The highest BCUT2D eigenvalue weighted by Crippen LogP contribution is 2.06. The molecular formula is C11H20N4. The molecule has 0 amide bonds. The number of aryl methyl sites for hydroxylation is 1. The van der Waals surface area contributed by atoms with E-state index in [2.05, 4.69) is 27.5 Å². The molecule has 0 aliphatic heterocycles. The molecule has 0 aliphatic carbocycles. The number of aromatic nitrogens is 2. The minimum Gasteiger partial charge on any atom is -0.354 e. The summed E-state index contributed by atoms with van der Waals surface area (Å²) in [7, 11) is 0. The van der Waals surface area contributed by atoms with Gasteiger partial charge in [0.2, 0.25) is 5.95 Å². The third kappa shape index (κ3) is 3.83. The number of anilines is 1. The van der Waals surface area contributed by atoms with Crippen LogP contribution in [0.25, 0.3) is 0 Å². The van der Waals surface area contributed by atoms with Crippen LogP contribution in [0.3, 0.4) is 0 Å². The first-order chi connectivity index (χ1) is 7.27. The Kier molecular flexibility index (Phi) is 5.04. The van der Waals surface area contributed by atoms with E-state index in [4.69, 9.17) is 0 Å². The van der Waals surface area contributed by atoms with Gasteiger partial charge in [0.15, 0.2) is 0 Å². The van der Waals surface area contributed by atoms with Crippen LogP contribution in [0.5, 0.6) is 0 Å². The summed E-state index contributed by atoms with van der Waals surface area (Å²) in [5, 5.41) is 6.44. The zero-order chi connectivity index (χ0) is 11.1. The van der Waals surface area contributed by atoms with Gasteiger partial charge in [-0.25, -0.2) is 9.97 Å². The Morgan fingerprint density at radius 1 is 1.33 bits per heavy atom. The first-order valence-electron chi connectivity index (χ1n) is 5.55. The van der Waals surface area contributed by atoms with Gasteiger partial charge in [0, 0.05) is 30.5 Å². The third-order valence-electron chi connectivity index (χ3n) is 2.16. The van der Waals surface area contributed by atoms with Gasteiger partial charge >= 0.3 is 0 Å². The fraction of sp³-hybridized carbons (Fsp3) is 0.636. The van der Waals surface area contributed by atoms with E-state index in [-0.39, 0.29) is 0 Å². The summed E-state index contributed by atoms with van der Waals surface area (Å²) in [6, 6.07) is 0. The first kappa shape index (κ1) is 11.9. The molecule has 0 aromatic carbocycles. The third-order valence-corrected chi connectivity index (χ3v) is 2.16. The molecule has 1 rings (SSSR count). The van der Waals surface area contributed by atoms with E-state index < -0.39 is 0 Å². The number of nitrogens with one attached hydrogen (secondary N) is 2. The van der Waals surface area contributed by atoms with Gasteiger partial charge in [0.25, 0.3) is 0 Å². The lowest BCUT2D eigenvalue weighted by molar-refractivity contribution is 0.669. The molecule has 4 nitrogen and oxygen atoms in total. The molecule has 0 unspecified atom stereocenters. The maximum absolute atomic E-state index is 4.38. The van der Waals surface area contributed by atoms with Crippen molar-refractivity contribution in [2.45, 2.75) is 33.7 Å². The highest BCUT2D eigenvalue weighted by Gasteiger charge is 2.01. The summed E-state index contributed by atoms with van der Waals surface area (Å²) in [5.74, 6) is 0.717. The number of nitrogens with zero attached hydrogens (tertiary/aromatic N) is 2. The van der Waals surface area contributed by atoms with Crippen molar-refractivity contribution in [3.8, 4) is 0 Å². The van der Waals surface area contributed by atoms with Gasteiger partial charge in [0.1, 0.15) is 0 Å². The summed E-state index contributed by atoms with van der Waals surface area (Å²) < 4.78 is 0. The van der Waals surface area contributed by atoms with Crippen molar-refractivity contribution in [3.63, 3.8) is 0 Å². The summed E-state index contributed by atoms with van der Waals surface area (Å²) in [6.45, 7) is 8.96. The normalized spacial score (nSPS) is 10.3. The molecule has 0 fully saturated rings. The standard InChI is InChI=1S/C11H20N4/c1-4-6-12-7-10-8-14-11(13-5-2)15-9(10)3/h8,12H,4-7H2,1-3H3,(H,13,14,15). The maximum atomic E-state index is 4.38. The summed E-state index contributed by atoms with van der Waals surface area (Å²) in [6.07, 6.45) is 3.04. The Balaban J connectivity index is 2.58. The van der Waals surface area contributed by atoms with E-state index >= 15 is 0 Å². The van der Waals surface area contributed by atoms with Gasteiger partial charge < -0.3 is 10.6 Å². The van der Waals surface area contributed by atoms with Crippen molar-refractivity contribution in [3.05, 3.63) is 17.5 Å². The van der Waals surface area contributed by atoms with Crippen LogP contribution in [0.2, 0.25) is 0 Å². The van der Waals surface area contributed by atoms with Crippen molar-refractivity contribution in [1.82, 2.24) is 15.3 Å². The van der Waals surface area contributed by atoms with Gasteiger partial charge in [-0.15, -0.1) is 0 Å². The molecule has 2 N–H and O–H groups in total. The van der Waals surface area contributed by atoms with Crippen molar-refractivity contribution < 1.29 is 0 Å². The Hall–Kier alpha value is -1.16. The summed E-state index contributed by atoms with van der Waals surface area (Å²) in [5.41, 5.74) is 2.22. The Morgan fingerprint density at radius 3 is 2.73 bits per heavy atom. The second-order valence-corrected chi connectivity index (χ2v) is 3.51. The molecule has 15 heavy (non-hydrogen) atoms. The monoisotopic (exact) mass is 208 g/mol. The first-order valence-corrected chi connectivity index (χ1v) is 5.55. The molecule has 84 valence electrons. The SMILES string of the molecule is CCCNCc1cnc(NCC)nc1C. The maximum Gasteiger partial charge on any atom is 0.222 e. The van der Waals surface area contributed by atoms with E-state index in [0.717, 1.165) is 31.7 Å². The quantitative estimate of drug-likeness (QED) is 0.699. The molecular weight excluding hydrogens is 188 g/mol. The van der Waals surface area contributed by atoms with E-state index in [1.54, 1.807) is 0 Å². The molecule has 1 aromatic heterocycles. The van der Waals surface area contributed by atoms with Crippen molar-refractivity contribution in [1.29, 1.82) is 0 Å². The molecule has 0 bridgehead atoms. The Bertz CT molecular complexity index is 299. The van der Waals surface area contributed by atoms with Crippen molar-refractivity contribution >= 4 is 5.95 Å². The minimum absolute atomic E-state index is 0.717. The number of hydrogen-bond acceptors (Lipinski definition) is 4. The topological polar surface area (TPSA) is 49.8 Å². The molecule has 0 saturated heterocycles. The fourth-order valence-corrected chi connectivity index (χ4v) is 1.31. The van der Waals surface area contributed by atoms with Crippen molar-refractivity contribution in [2.75, 3.05) is 18.4 Å². The zero-order valence-corrected chi connectivity index (χ0v) is 9.80. The zero-order valence-electron chi connectivity index (χ0n) is 9.80. The number of rotatable bonds is 6. The van der Waals surface area contributed by atoms with Crippen LogP contribution >= 0.6 is 0 Å². The van der Waals surface area contributed by atoms with E-state index in [0.29, 0.717) is 5.95 Å².